The molecule has 0 unspecified atom stereocenters. The first-order valence-electron chi connectivity index (χ1n) is 5.85. The van der Waals surface area contributed by atoms with Gasteiger partial charge >= 0.3 is 5.97 Å². The lowest BCUT2D eigenvalue weighted by atomic mass is 10.1. The molecular formula is C14H12N2O5. The molecule has 0 spiro atoms. The monoisotopic (exact) mass is 288 g/mol. The van der Waals surface area contributed by atoms with E-state index in [-0.39, 0.29) is 34.0 Å². The summed E-state index contributed by atoms with van der Waals surface area (Å²) >= 11 is 0. The fourth-order valence-corrected chi connectivity index (χ4v) is 1.76. The third-order valence-electron chi connectivity index (χ3n) is 2.79. The van der Waals surface area contributed by atoms with E-state index >= 15 is 0 Å². The van der Waals surface area contributed by atoms with Gasteiger partial charge in [-0.2, -0.15) is 0 Å². The molecule has 0 aliphatic heterocycles. The number of carboxylic acid groups (broad SMARTS) is 1. The number of carbonyl (C=O) groups excluding carboxylic acids is 1. The van der Waals surface area contributed by atoms with Gasteiger partial charge in [0.2, 0.25) is 0 Å². The van der Waals surface area contributed by atoms with Crippen LogP contribution in [0.15, 0.2) is 36.4 Å². The highest BCUT2D eigenvalue weighted by molar-refractivity contribution is 6.09. The largest absolute Gasteiger partial charge is 0.507 e. The van der Waals surface area contributed by atoms with Gasteiger partial charge in [-0.05, 0) is 30.3 Å². The lowest BCUT2D eigenvalue weighted by Crippen LogP contribution is -2.14. The number of phenols is 2. The standard InChI is InChI=1S/C14H12N2O5/c15-8-6-7(14(20)21)4-5-9(8)16-13(19)12-10(17)2-1-3-11(12)18/h1-6,17-18H,15H2,(H,16,19)(H,20,21). The Morgan fingerprint density at radius 2 is 1.67 bits per heavy atom. The molecule has 0 heterocycles. The Morgan fingerprint density at radius 3 is 2.19 bits per heavy atom. The smallest absolute Gasteiger partial charge is 0.335 e. The fourth-order valence-electron chi connectivity index (χ4n) is 1.76. The van der Waals surface area contributed by atoms with Gasteiger partial charge < -0.3 is 26.4 Å². The molecule has 0 fully saturated rings. The van der Waals surface area contributed by atoms with Crippen molar-refractivity contribution in [2.45, 2.75) is 0 Å². The molecule has 2 aromatic carbocycles. The zero-order chi connectivity index (χ0) is 15.6. The number of anilines is 2. The molecular weight excluding hydrogens is 276 g/mol. The molecule has 0 aliphatic carbocycles. The van der Waals surface area contributed by atoms with Gasteiger partial charge in [0.25, 0.3) is 5.91 Å². The highest BCUT2D eigenvalue weighted by Crippen LogP contribution is 2.28. The van der Waals surface area contributed by atoms with E-state index in [0.29, 0.717) is 0 Å². The number of phenolic OH excluding ortho intramolecular Hbond substituents is 2. The summed E-state index contributed by atoms with van der Waals surface area (Å²) in [6, 6.07) is 7.70. The number of carboxylic acids is 1. The van der Waals surface area contributed by atoms with Crippen molar-refractivity contribution >= 4 is 23.3 Å². The summed E-state index contributed by atoms with van der Waals surface area (Å²) < 4.78 is 0. The third kappa shape index (κ3) is 2.86. The number of nitrogens with one attached hydrogen (secondary N) is 1. The van der Waals surface area contributed by atoms with Crippen molar-refractivity contribution in [3.05, 3.63) is 47.5 Å². The minimum absolute atomic E-state index is 0.0177. The predicted molar refractivity (Wildman–Crippen MR) is 75.5 cm³/mol. The first kappa shape index (κ1) is 14.2. The summed E-state index contributed by atoms with van der Waals surface area (Å²) in [6.45, 7) is 0. The average molecular weight is 288 g/mol. The molecule has 0 bridgehead atoms. The maximum Gasteiger partial charge on any atom is 0.335 e. The summed E-state index contributed by atoms with van der Waals surface area (Å²) in [5.41, 5.74) is 5.58. The molecule has 6 N–H and O–H groups in total. The quantitative estimate of drug-likeness (QED) is 0.545. The topological polar surface area (TPSA) is 133 Å². The number of amides is 1. The van der Waals surface area contributed by atoms with Gasteiger partial charge in [0.15, 0.2) is 0 Å². The zero-order valence-electron chi connectivity index (χ0n) is 10.7. The maximum absolute atomic E-state index is 12.0. The summed E-state index contributed by atoms with van der Waals surface area (Å²) in [4.78, 5) is 22.8. The van der Waals surface area contributed by atoms with Crippen LogP contribution in [-0.2, 0) is 0 Å². The molecule has 0 atom stereocenters. The minimum atomic E-state index is -1.14. The number of benzene rings is 2. The summed E-state index contributed by atoms with van der Waals surface area (Å²) in [6.07, 6.45) is 0. The van der Waals surface area contributed by atoms with E-state index in [4.69, 9.17) is 10.8 Å². The van der Waals surface area contributed by atoms with Crippen LogP contribution in [-0.4, -0.2) is 27.2 Å². The van der Waals surface area contributed by atoms with Crippen LogP contribution in [0.2, 0.25) is 0 Å². The molecule has 2 rings (SSSR count). The SMILES string of the molecule is Nc1cc(C(=O)O)ccc1NC(=O)c1c(O)cccc1O. The Balaban J connectivity index is 2.30. The van der Waals surface area contributed by atoms with E-state index in [1.807, 2.05) is 0 Å². The van der Waals surface area contributed by atoms with E-state index in [2.05, 4.69) is 5.32 Å². The molecule has 108 valence electrons. The van der Waals surface area contributed by atoms with E-state index in [0.717, 1.165) is 0 Å². The van der Waals surface area contributed by atoms with Crippen LogP contribution >= 0.6 is 0 Å². The number of aromatic carboxylic acids is 1. The lowest BCUT2D eigenvalue weighted by molar-refractivity contribution is 0.0696. The van der Waals surface area contributed by atoms with Gasteiger partial charge in [0.1, 0.15) is 17.1 Å². The van der Waals surface area contributed by atoms with Crippen LogP contribution in [0.4, 0.5) is 11.4 Å². The maximum atomic E-state index is 12.0. The molecule has 2 aromatic rings. The van der Waals surface area contributed by atoms with E-state index in [1.54, 1.807) is 0 Å². The molecule has 0 aliphatic rings. The van der Waals surface area contributed by atoms with Crippen LogP contribution in [0.3, 0.4) is 0 Å². The zero-order valence-corrected chi connectivity index (χ0v) is 10.7. The van der Waals surface area contributed by atoms with Crippen molar-refractivity contribution in [2.75, 3.05) is 11.1 Å². The van der Waals surface area contributed by atoms with Crippen molar-refractivity contribution in [3.8, 4) is 11.5 Å². The Hall–Kier alpha value is -3.22. The van der Waals surface area contributed by atoms with E-state index < -0.39 is 11.9 Å². The Bertz CT molecular complexity index is 707. The first-order valence-corrected chi connectivity index (χ1v) is 5.85. The highest BCUT2D eigenvalue weighted by atomic mass is 16.4. The minimum Gasteiger partial charge on any atom is -0.507 e. The lowest BCUT2D eigenvalue weighted by Gasteiger charge is -2.10. The van der Waals surface area contributed by atoms with Gasteiger partial charge in [0.05, 0.1) is 16.9 Å². The average Bonchev–Trinajstić information content (AvgIpc) is 2.40. The Labute approximate surface area is 119 Å². The van der Waals surface area contributed by atoms with Gasteiger partial charge in [-0.3, -0.25) is 4.79 Å². The predicted octanol–water partition coefficient (Wildman–Crippen LogP) is 1.63. The number of hydrogen-bond acceptors (Lipinski definition) is 5. The summed E-state index contributed by atoms with van der Waals surface area (Å²) in [5, 5.41) is 30.4. The van der Waals surface area contributed by atoms with Gasteiger partial charge in [0, 0.05) is 0 Å². The Kier molecular flexibility index (Phi) is 3.66. The van der Waals surface area contributed by atoms with Gasteiger partial charge in [-0.1, -0.05) is 6.07 Å². The number of hydrogen-bond donors (Lipinski definition) is 5. The molecule has 1 amide bonds. The second-order valence-electron chi connectivity index (χ2n) is 4.23. The van der Waals surface area contributed by atoms with Crippen molar-refractivity contribution < 1.29 is 24.9 Å². The molecule has 21 heavy (non-hydrogen) atoms. The van der Waals surface area contributed by atoms with Gasteiger partial charge in [-0.25, -0.2) is 4.79 Å². The number of nitrogens with two attached hydrogens (primary N) is 1. The molecule has 0 radical (unpaired) electrons. The van der Waals surface area contributed by atoms with Crippen LogP contribution < -0.4 is 11.1 Å². The van der Waals surface area contributed by atoms with Crippen molar-refractivity contribution in [1.29, 1.82) is 0 Å². The van der Waals surface area contributed by atoms with Gasteiger partial charge in [-0.15, -0.1) is 0 Å². The number of rotatable bonds is 3. The fraction of sp³-hybridized carbons (Fsp3) is 0. The highest BCUT2D eigenvalue weighted by Gasteiger charge is 2.17. The number of carbonyl (C=O) groups is 2. The van der Waals surface area contributed by atoms with E-state index in [1.165, 1.54) is 36.4 Å². The summed E-state index contributed by atoms with van der Waals surface area (Å²) in [5.74, 6) is -2.67. The molecule has 0 saturated carbocycles. The second kappa shape index (κ2) is 5.41. The molecule has 0 aromatic heterocycles. The van der Waals surface area contributed by atoms with Crippen LogP contribution in [0.5, 0.6) is 11.5 Å². The molecule has 7 nitrogen and oxygen atoms in total. The molecule has 0 saturated heterocycles. The number of nitrogen functional groups attached to an aromatic ring is 1. The third-order valence-corrected chi connectivity index (χ3v) is 2.79. The van der Waals surface area contributed by atoms with Crippen LogP contribution in [0.25, 0.3) is 0 Å². The normalized spacial score (nSPS) is 10.1. The number of aromatic hydroxyl groups is 2. The van der Waals surface area contributed by atoms with Crippen molar-refractivity contribution in [1.82, 2.24) is 0 Å². The van der Waals surface area contributed by atoms with Crippen molar-refractivity contribution in [2.24, 2.45) is 0 Å². The molecule has 7 heteroatoms. The second-order valence-corrected chi connectivity index (χ2v) is 4.23. The van der Waals surface area contributed by atoms with Crippen LogP contribution in [0.1, 0.15) is 20.7 Å². The first-order chi connectivity index (χ1) is 9.90. The summed E-state index contributed by atoms with van der Waals surface area (Å²) in [7, 11) is 0. The van der Waals surface area contributed by atoms with E-state index in [9.17, 15) is 19.8 Å². The Morgan fingerprint density at radius 1 is 1.05 bits per heavy atom. The van der Waals surface area contributed by atoms with Crippen molar-refractivity contribution in [3.63, 3.8) is 0 Å². The van der Waals surface area contributed by atoms with Crippen LogP contribution in [0, 0.1) is 0 Å².